The molecule has 1 aromatic carbocycles. The van der Waals surface area contributed by atoms with E-state index in [1.807, 2.05) is 0 Å². The van der Waals surface area contributed by atoms with Crippen molar-refractivity contribution in [2.75, 3.05) is 33.2 Å². The van der Waals surface area contributed by atoms with Gasteiger partial charge < -0.3 is 10.7 Å². The third-order valence-electron chi connectivity index (χ3n) is 3.31. The maximum atomic E-state index is 13.3. The van der Waals surface area contributed by atoms with Crippen LogP contribution >= 0.6 is 0 Å². The average Bonchev–Trinajstić information content (AvgIpc) is 2.36. The molecule has 98 valence electrons. The van der Waals surface area contributed by atoms with E-state index in [-0.39, 0.29) is 5.82 Å². The molecule has 0 spiro atoms. The summed E-state index contributed by atoms with van der Waals surface area (Å²) in [5, 5.41) is 3.53. The molecule has 4 nitrogen and oxygen atoms in total. The van der Waals surface area contributed by atoms with Gasteiger partial charge in [-0.25, -0.2) is 4.39 Å². The minimum Gasteiger partial charge on any atom is -0.323 e. The average molecular weight is 250 g/mol. The van der Waals surface area contributed by atoms with E-state index < -0.39 is 0 Å². The van der Waals surface area contributed by atoms with E-state index in [4.69, 9.17) is 5.84 Å². The number of hydrogen-bond acceptors (Lipinski definition) is 4. The van der Waals surface area contributed by atoms with Crippen LogP contribution in [0, 0.1) is 5.82 Å². The van der Waals surface area contributed by atoms with Crippen molar-refractivity contribution in [1.82, 2.24) is 9.80 Å². The number of halogens is 1. The predicted octanol–water partition coefficient (Wildman–Crippen LogP) is 0.866. The van der Waals surface area contributed by atoms with E-state index >= 15 is 0 Å². The monoisotopic (exact) mass is 250 g/mol. The second-order valence-corrected chi connectivity index (χ2v) is 4.70. The molecule has 1 fully saturated rings. The third kappa shape index (κ3) is 3.27. The molecule has 18 heavy (non-hydrogen) atoms. The first-order valence-corrected chi connectivity index (χ1v) is 6.11. The molecular formula is C13H19FN4. The van der Waals surface area contributed by atoms with E-state index in [9.17, 15) is 4.39 Å². The number of rotatable bonds is 3. The Morgan fingerprint density at radius 2 is 2.06 bits per heavy atom. The van der Waals surface area contributed by atoms with Crippen LogP contribution in [0.25, 0.3) is 0 Å². The summed E-state index contributed by atoms with van der Waals surface area (Å²) in [5.41, 5.74) is 1.83. The Morgan fingerprint density at radius 1 is 1.33 bits per heavy atom. The molecule has 5 heteroatoms. The lowest BCUT2D eigenvalue weighted by molar-refractivity contribution is 0.148. The summed E-state index contributed by atoms with van der Waals surface area (Å²) in [7, 11) is 2.12. The van der Waals surface area contributed by atoms with Crippen LogP contribution in [0.2, 0.25) is 0 Å². The van der Waals surface area contributed by atoms with Gasteiger partial charge in [0.1, 0.15) is 5.82 Å². The van der Waals surface area contributed by atoms with Gasteiger partial charge in [-0.2, -0.15) is 5.10 Å². The SMILES string of the molecule is CN1CCN(Cc2cc(F)ccc2C=NN)CC1. The topological polar surface area (TPSA) is 44.9 Å². The van der Waals surface area contributed by atoms with Crippen LogP contribution in [0.4, 0.5) is 4.39 Å². The van der Waals surface area contributed by atoms with Gasteiger partial charge in [0.25, 0.3) is 0 Å². The Morgan fingerprint density at radius 3 is 2.72 bits per heavy atom. The van der Waals surface area contributed by atoms with Gasteiger partial charge in [0.05, 0.1) is 6.21 Å². The first-order valence-electron chi connectivity index (χ1n) is 6.11. The van der Waals surface area contributed by atoms with Crippen LogP contribution in [0.3, 0.4) is 0 Å². The molecule has 1 aliphatic heterocycles. The van der Waals surface area contributed by atoms with Crippen molar-refractivity contribution in [3.63, 3.8) is 0 Å². The summed E-state index contributed by atoms with van der Waals surface area (Å²) < 4.78 is 13.3. The van der Waals surface area contributed by atoms with Crippen molar-refractivity contribution in [2.45, 2.75) is 6.54 Å². The van der Waals surface area contributed by atoms with Crippen LogP contribution in [-0.4, -0.2) is 49.2 Å². The highest BCUT2D eigenvalue weighted by atomic mass is 19.1. The molecule has 2 rings (SSSR count). The number of benzene rings is 1. The van der Waals surface area contributed by atoms with Crippen molar-refractivity contribution in [2.24, 2.45) is 10.9 Å². The molecule has 0 radical (unpaired) electrons. The molecule has 1 heterocycles. The minimum absolute atomic E-state index is 0.215. The van der Waals surface area contributed by atoms with E-state index in [1.54, 1.807) is 18.3 Å². The smallest absolute Gasteiger partial charge is 0.123 e. The summed E-state index contributed by atoms with van der Waals surface area (Å²) in [6, 6.07) is 4.72. The lowest BCUT2D eigenvalue weighted by atomic mass is 10.1. The molecule has 0 unspecified atom stereocenters. The van der Waals surface area contributed by atoms with Gasteiger partial charge in [-0.1, -0.05) is 6.07 Å². The molecule has 1 aromatic rings. The van der Waals surface area contributed by atoms with Crippen LogP contribution in [0.5, 0.6) is 0 Å². The molecule has 0 amide bonds. The number of piperazine rings is 1. The highest BCUT2D eigenvalue weighted by Crippen LogP contribution is 2.13. The Balaban J connectivity index is 2.10. The van der Waals surface area contributed by atoms with Gasteiger partial charge >= 0.3 is 0 Å². The van der Waals surface area contributed by atoms with E-state index in [2.05, 4.69) is 21.9 Å². The minimum atomic E-state index is -0.215. The largest absolute Gasteiger partial charge is 0.323 e. The second kappa shape index (κ2) is 5.93. The van der Waals surface area contributed by atoms with E-state index in [0.29, 0.717) is 0 Å². The molecular weight excluding hydrogens is 231 g/mol. The molecule has 0 aliphatic carbocycles. The molecule has 2 N–H and O–H groups in total. The normalized spacial score (nSPS) is 18.6. The number of likely N-dealkylation sites (N-methyl/N-ethyl adjacent to an activating group) is 1. The highest BCUT2D eigenvalue weighted by molar-refractivity contribution is 5.81. The van der Waals surface area contributed by atoms with Gasteiger partial charge in [0, 0.05) is 32.7 Å². The third-order valence-corrected chi connectivity index (χ3v) is 3.31. The molecule has 0 atom stereocenters. The van der Waals surface area contributed by atoms with Gasteiger partial charge in [0.2, 0.25) is 0 Å². The van der Waals surface area contributed by atoms with Crippen LogP contribution in [0.1, 0.15) is 11.1 Å². The van der Waals surface area contributed by atoms with Crippen molar-refractivity contribution in [3.05, 3.63) is 35.1 Å². The summed E-state index contributed by atoms with van der Waals surface area (Å²) in [6.45, 7) is 4.86. The fraction of sp³-hybridized carbons (Fsp3) is 0.462. The van der Waals surface area contributed by atoms with Crippen LogP contribution in [0.15, 0.2) is 23.3 Å². The predicted molar refractivity (Wildman–Crippen MR) is 71.0 cm³/mol. The quantitative estimate of drug-likeness (QED) is 0.492. The standard InChI is InChI=1S/C13H19FN4/c1-17-4-6-18(7-5-17)10-12-8-13(14)3-2-11(12)9-16-15/h2-3,8-9H,4-7,10,15H2,1H3. The maximum absolute atomic E-state index is 13.3. The van der Waals surface area contributed by atoms with Crippen molar-refractivity contribution in [3.8, 4) is 0 Å². The summed E-state index contributed by atoms with van der Waals surface area (Å²) in [5.74, 6) is 4.96. The first kappa shape index (κ1) is 13.0. The van der Waals surface area contributed by atoms with Crippen LogP contribution < -0.4 is 5.84 Å². The zero-order chi connectivity index (χ0) is 13.0. The lowest BCUT2D eigenvalue weighted by Gasteiger charge is -2.32. The van der Waals surface area contributed by atoms with E-state index in [0.717, 1.165) is 43.9 Å². The van der Waals surface area contributed by atoms with Gasteiger partial charge in [0.15, 0.2) is 0 Å². The van der Waals surface area contributed by atoms with E-state index in [1.165, 1.54) is 6.07 Å². The zero-order valence-corrected chi connectivity index (χ0v) is 10.6. The fourth-order valence-corrected chi connectivity index (χ4v) is 2.16. The molecule has 1 aliphatic rings. The molecule has 0 bridgehead atoms. The number of hydrazone groups is 1. The Bertz CT molecular complexity index is 425. The highest BCUT2D eigenvalue weighted by Gasteiger charge is 2.15. The number of nitrogens with zero attached hydrogens (tertiary/aromatic N) is 3. The summed E-state index contributed by atoms with van der Waals surface area (Å²) in [6.07, 6.45) is 1.57. The molecule has 0 saturated carbocycles. The molecule has 1 saturated heterocycles. The van der Waals surface area contributed by atoms with Crippen molar-refractivity contribution < 1.29 is 4.39 Å². The Hall–Kier alpha value is -1.46. The number of nitrogens with two attached hydrogens (primary N) is 1. The first-order chi connectivity index (χ1) is 8.69. The zero-order valence-electron chi connectivity index (χ0n) is 10.6. The second-order valence-electron chi connectivity index (χ2n) is 4.70. The Kier molecular flexibility index (Phi) is 4.28. The van der Waals surface area contributed by atoms with Gasteiger partial charge in [-0.3, -0.25) is 4.90 Å². The van der Waals surface area contributed by atoms with Crippen LogP contribution in [-0.2, 0) is 6.54 Å². The Labute approximate surface area is 107 Å². The van der Waals surface area contributed by atoms with Gasteiger partial charge in [-0.05, 0) is 30.3 Å². The maximum Gasteiger partial charge on any atom is 0.123 e. The summed E-state index contributed by atoms with van der Waals surface area (Å²) >= 11 is 0. The summed E-state index contributed by atoms with van der Waals surface area (Å²) in [4.78, 5) is 4.62. The van der Waals surface area contributed by atoms with Crippen molar-refractivity contribution in [1.29, 1.82) is 0 Å². The molecule has 0 aromatic heterocycles. The fourth-order valence-electron chi connectivity index (χ4n) is 2.16. The lowest BCUT2D eigenvalue weighted by Crippen LogP contribution is -2.44. The van der Waals surface area contributed by atoms with Crippen molar-refractivity contribution >= 4 is 6.21 Å². The van der Waals surface area contributed by atoms with Gasteiger partial charge in [-0.15, -0.1) is 0 Å². The number of hydrogen-bond donors (Lipinski definition) is 1.